The number of likely N-dealkylation sites (N-methyl/N-ethyl adjacent to an activating group) is 1. The van der Waals surface area contributed by atoms with Gasteiger partial charge in [0.2, 0.25) is 11.8 Å². The van der Waals surface area contributed by atoms with Crippen LogP contribution in [0.3, 0.4) is 0 Å². The van der Waals surface area contributed by atoms with E-state index in [0.29, 0.717) is 32.6 Å². The molecule has 166 valence electrons. The fraction of sp³-hybridized carbons (Fsp3) is 0.320. The minimum Gasteiger partial charge on any atom is -0.358 e. The maximum Gasteiger partial charge on any atom is 0.250 e. The third-order valence-corrected chi connectivity index (χ3v) is 6.32. The monoisotopic (exact) mass is 432 g/mol. The van der Waals surface area contributed by atoms with Gasteiger partial charge in [0.05, 0.1) is 6.67 Å². The normalized spacial score (nSPS) is 17.9. The fourth-order valence-electron chi connectivity index (χ4n) is 4.51. The molecule has 0 aliphatic carbocycles. The summed E-state index contributed by atoms with van der Waals surface area (Å²) in [7, 11) is 1.57. The topological polar surface area (TPSA) is 73.0 Å². The zero-order chi connectivity index (χ0) is 22.6. The number of likely N-dealkylation sites (tertiary alicyclic amines) is 1. The van der Waals surface area contributed by atoms with Gasteiger partial charge >= 0.3 is 0 Å². The largest absolute Gasteiger partial charge is 0.358 e. The number of carbonyl (C=O) groups excluding carboxylic acids is 3. The van der Waals surface area contributed by atoms with Crippen molar-refractivity contribution < 1.29 is 14.4 Å². The Balaban J connectivity index is 1.51. The summed E-state index contributed by atoms with van der Waals surface area (Å²) in [6.07, 6.45) is 4.46. The summed E-state index contributed by atoms with van der Waals surface area (Å²) in [4.78, 5) is 43.7. The first-order valence-corrected chi connectivity index (χ1v) is 10.9. The Labute approximate surface area is 188 Å². The second kappa shape index (κ2) is 9.26. The van der Waals surface area contributed by atoms with Gasteiger partial charge in [0.1, 0.15) is 12.1 Å². The molecular formula is C25H28N4O3. The maximum absolute atomic E-state index is 13.5. The van der Waals surface area contributed by atoms with Gasteiger partial charge in [-0.25, -0.2) is 0 Å². The van der Waals surface area contributed by atoms with Crippen LogP contribution in [0, 0.1) is 0 Å². The number of nitrogens with zero attached hydrogens (tertiary/aromatic N) is 3. The van der Waals surface area contributed by atoms with Gasteiger partial charge in [0.25, 0.3) is 5.91 Å². The number of carbonyl (C=O) groups is 3. The van der Waals surface area contributed by atoms with E-state index in [-0.39, 0.29) is 24.3 Å². The molecule has 2 saturated heterocycles. The lowest BCUT2D eigenvalue weighted by atomic mass is 9.85. The molecule has 0 radical (unpaired) electrons. The number of amides is 3. The summed E-state index contributed by atoms with van der Waals surface area (Å²) in [5, 5.41) is 2.60. The van der Waals surface area contributed by atoms with Crippen molar-refractivity contribution in [1.29, 1.82) is 0 Å². The third-order valence-electron chi connectivity index (χ3n) is 6.32. The highest BCUT2D eigenvalue weighted by atomic mass is 16.2. The number of rotatable bonds is 5. The Hall–Kier alpha value is -3.61. The Bertz CT molecular complexity index is 998. The van der Waals surface area contributed by atoms with Crippen LogP contribution in [0.4, 0.5) is 5.69 Å². The molecule has 4 rings (SSSR count). The zero-order valence-corrected chi connectivity index (χ0v) is 18.2. The van der Waals surface area contributed by atoms with Crippen molar-refractivity contribution in [2.45, 2.75) is 18.4 Å². The zero-order valence-electron chi connectivity index (χ0n) is 18.2. The quantitative estimate of drug-likeness (QED) is 0.735. The van der Waals surface area contributed by atoms with Gasteiger partial charge in [-0.15, -0.1) is 0 Å². The first-order chi connectivity index (χ1) is 15.5. The minimum atomic E-state index is -0.741. The van der Waals surface area contributed by atoms with Crippen LogP contribution in [0.5, 0.6) is 0 Å². The van der Waals surface area contributed by atoms with Crippen LogP contribution < -0.4 is 10.2 Å². The Morgan fingerprint density at radius 1 is 1.00 bits per heavy atom. The van der Waals surface area contributed by atoms with Gasteiger partial charge in [0, 0.05) is 31.9 Å². The van der Waals surface area contributed by atoms with E-state index in [0.717, 1.165) is 11.3 Å². The second-order valence-electron chi connectivity index (χ2n) is 8.18. The van der Waals surface area contributed by atoms with E-state index in [4.69, 9.17) is 0 Å². The molecule has 3 amide bonds. The van der Waals surface area contributed by atoms with Gasteiger partial charge in [-0.1, -0.05) is 48.5 Å². The van der Waals surface area contributed by atoms with Crippen LogP contribution in [0.2, 0.25) is 0 Å². The van der Waals surface area contributed by atoms with E-state index in [9.17, 15) is 14.4 Å². The summed E-state index contributed by atoms with van der Waals surface area (Å²) in [6.45, 7) is 1.36. The van der Waals surface area contributed by atoms with E-state index in [1.54, 1.807) is 22.9 Å². The molecule has 7 heteroatoms. The Kier molecular flexibility index (Phi) is 6.25. The molecule has 7 nitrogen and oxygen atoms in total. The Morgan fingerprint density at radius 3 is 2.25 bits per heavy atom. The molecule has 2 aliphatic heterocycles. The summed E-state index contributed by atoms with van der Waals surface area (Å²) in [5.41, 5.74) is 1.18. The van der Waals surface area contributed by atoms with Crippen molar-refractivity contribution in [2.75, 3.05) is 38.3 Å². The molecule has 2 fully saturated rings. The van der Waals surface area contributed by atoms with Gasteiger partial charge < -0.3 is 20.0 Å². The van der Waals surface area contributed by atoms with Gasteiger partial charge in [-0.05, 0) is 36.6 Å². The molecule has 0 saturated carbocycles. The first-order valence-electron chi connectivity index (χ1n) is 10.9. The molecular weight excluding hydrogens is 404 g/mol. The molecule has 2 aromatic carbocycles. The Morgan fingerprint density at radius 2 is 1.62 bits per heavy atom. The number of benzene rings is 2. The fourth-order valence-corrected chi connectivity index (χ4v) is 4.51. The molecule has 1 N–H and O–H groups in total. The summed E-state index contributed by atoms with van der Waals surface area (Å²) < 4.78 is 0. The smallest absolute Gasteiger partial charge is 0.250 e. The second-order valence-corrected chi connectivity index (χ2v) is 8.18. The van der Waals surface area contributed by atoms with Gasteiger partial charge in [0.15, 0.2) is 0 Å². The van der Waals surface area contributed by atoms with E-state index in [1.807, 2.05) is 66.7 Å². The van der Waals surface area contributed by atoms with Crippen LogP contribution in [-0.2, 0) is 14.4 Å². The van der Waals surface area contributed by atoms with Crippen molar-refractivity contribution in [1.82, 2.24) is 15.1 Å². The highest BCUT2D eigenvalue weighted by molar-refractivity contribution is 5.97. The van der Waals surface area contributed by atoms with Crippen molar-refractivity contribution in [2.24, 2.45) is 0 Å². The molecule has 2 aliphatic rings. The molecule has 1 spiro atoms. The average Bonchev–Trinajstić information content (AvgIpc) is 3.10. The molecule has 32 heavy (non-hydrogen) atoms. The van der Waals surface area contributed by atoms with E-state index < -0.39 is 5.54 Å². The first kappa shape index (κ1) is 21.6. The number of hydrogen-bond donors (Lipinski definition) is 1. The predicted octanol–water partition coefficient (Wildman–Crippen LogP) is 2.11. The average molecular weight is 433 g/mol. The highest BCUT2D eigenvalue weighted by Gasteiger charge is 2.54. The van der Waals surface area contributed by atoms with Crippen molar-refractivity contribution in [3.63, 3.8) is 0 Å². The van der Waals surface area contributed by atoms with E-state index in [1.165, 1.54) is 0 Å². The highest BCUT2D eigenvalue weighted by Crippen LogP contribution is 2.39. The van der Waals surface area contributed by atoms with Crippen LogP contribution in [0.15, 0.2) is 66.7 Å². The summed E-state index contributed by atoms with van der Waals surface area (Å²) in [6, 6.07) is 19.5. The number of piperidine rings is 1. The lowest BCUT2D eigenvalue weighted by Gasteiger charge is -2.43. The molecule has 0 bridgehead atoms. The van der Waals surface area contributed by atoms with Crippen LogP contribution >= 0.6 is 0 Å². The molecule has 0 unspecified atom stereocenters. The van der Waals surface area contributed by atoms with Crippen molar-refractivity contribution >= 4 is 29.5 Å². The minimum absolute atomic E-state index is 0.0306. The van der Waals surface area contributed by atoms with Gasteiger partial charge in [-0.2, -0.15) is 0 Å². The van der Waals surface area contributed by atoms with Crippen LogP contribution in [-0.4, -0.2) is 66.4 Å². The van der Waals surface area contributed by atoms with E-state index >= 15 is 0 Å². The molecule has 2 heterocycles. The summed E-state index contributed by atoms with van der Waals surface area (Å²) >= 11 is 0. The van der Waals surface area contributed by atoms with Crippen molar-refractivity contribution in [3.8, 4) is 0 Å². The number of anilines is 1. The van der Waals surface area contributed by atoms with Crippen LogP contribution in [0.1, 0.15) is 18.4 Å². The molecule has 2 aromatic rings. The SMILES string of the molecule is CNC(=O)CN1CN(c2ccccc2)C2(CCN(C(=O)/C=C/c3ccccc3)CC2)C1=O. The number of para-hydroxylation sites is 1. The third kappa shape index (κ3) is 4.23. The molecule has 0 aromatic heterocycles. The lowest BCUT2D eigenvalue weighted by molar-refractivity contribution is -0.138. The van der Waals surface area contributed by atoms with Crippen molar-refractivity contribution in [3.05, 3.63) is 72.3 Å². The van der Waals surface area contributed by atoms with Gasteiger partial charge in [-0.3, -0.25) is 14.4 Å². The van der Waals surface area contributed by atoms with E-state index in [2.05, 4.69) is 10.2 Å². The summed E-state index contributed by atoms with van der Waals surface area (Å²) in [5.74, 6) is -0.290. The predicted molar refractivity (Wildman–Crippen MR) is 124 cm³/mol. The maximum atomic E-state index is 13.5. The van der Waals surface area contributed by atoms with Crippen LogP contribution in [0.25, 0.3) is 6.08 Å². The number of nitrogens with one attached hydrogen (secondary N) is 1. The molecule has 0 atom stereocenters. The lowest BCUT2D eigenvalue weighted by Crippen LogP contribution is -2.57. The standard InChI is InChI=1S/C25H28N4O3/c1-26-22(30)18-28-19-29(21-10-6-3-7-11-21)25(24(28)32)14-16-27(17-15-25)23(31)13-12-20-8-4-2-5-9-20/h2-13H,14-19H2,1H3,(H,26,30)/b13-12+. The number of hydrogen-bond acceptors (Lipinski definition) is 4.